The molecule has 0 saturated heterocycles. The number of benzene rings is 1. The second-order valence-corrected chi connectivity index (χ2v) is 3.92. The van der Waals surface area contributed by atoms with Crippen molar-refractivity contribution < 1.29 is 24.5 Å². The summed E-state index contributed by atoms with van der Waals surface area (Å²) in [5.74, 6) is -1.83. The number of rotatable bonds is 4. The van der Waals surface area contributed by atoms with Crippen molar-refractivity contribution in [3.05, 3.63) is 41.7 Å². The fourth-order valence-corrected chi connectivity index (χ4v) is 1.63. The van der Waals surface area contributed by atoms with Crippen LogP contribution in [0.4, 0.5) is 0 Å². The zero-order valence-corrected chi connectivity index (χ0v) is 10.6. The van der Waals surface area contributed by atoms with Crippen molar-refractivity contribution in [1.82, 2.24) is 9.78 Å². The fraction of sp³-hybridized carbons (Fsp3) is 0.154. The van der Waals surface area contributed by atoms with Gasteiger partial charge in [0.05, 0.1) is 0 Å². The van der Waals surface area contributed by atoms with E-state index < -0.39 is 11.9 Å². The maximum atomic E-state index is 12.0. The Morgan fingerprint density at radius 2 is 2.10 bits per heavy atom. The van der Waals surface area contributed by atoms with Crippen molar-refractivity contribution in [1.29, 1.82) is 0 Å². The molecule has 0 saturated carbocycles. The molecule has 0 aliphatic carbocycles. The largest absolute Gasteiger partial charge is 0.508 e. The molecule has 2 rings (SSSR count). The number of aromatic nitrogens is 2. The van der Waals surface area contributed by atoms with E-state index in [2.05, 4.69) is 5.10 Å². The summed E-state index contributed by atoms with van der Waals surface area (Å²) in [7, 11) is 0. The summed E-state index contributed by atoms with van der Waals surface area (Å²) in [6.07, 6.45) is 0. The molecule has 1 aromatic heterocycles. The number of hydrogen-bond donors (Lipinski definition) is 2. The second kappa shape index (κ2) is 5.43. The van der Waals surface area contributed by atoms with Crippen LogP contribution in [0.25, 0.3) is 0 Å². The minimum atomic E-state index is -1.22. The van der Waals surface area contributed by atoms with Crippen LogP contribution < -0.4 is 4.74 Å². The molecule has 0 amide bonds. The van der Waals surface area contributed by atoms with Crippen LogP contribution in [0.1, 0.15) is 27.9 Å². The Balaban J connectivity index is 2.27. The molecule has 2 aromatic rings. The summed E-state index contributed by atoms with van der Waals surface area (Å²) in [6.45, 7) is 2.06. The van der Waals surface area contributed by atoms with Crippen molar-refractivity contribution in [2.75, 3.05) is 0 Å². The first-order chi connectivity index (χ1) is 9.51. The molecule has 2 N–H and O–H groups in total. The summed E-state index contributed by atoms with van der Waals surface area (Å²) >= 11 is 0. The van der Waals surface area contributed by atoms with Crippen LogP contribution in [-0.2, 0) is 6.54 Å². The van der Waals surface area contributed by atoms with Gasteiger partial charge in [0.2, 0.25) is 0 Å². The third kappa shape index (κ3) is 2.77. The van der Waals surface area contributed by atoms with Crippen molar-refractivity contribution in [3.8, 4) is 11.5 Å². The van der Waals surface area contributed by atoms with E-state index in [1.54, 1.807) is 6.92 Å². The van der Waals surface area contributed by atoms with Crippen LogP contribution in [0.5, 0.6) is 11.5 Å². The first-order valence-corrected chi connectivity index (χ1v) is 5.83. The van der Waals surface area contributed by atoms with E-state index in [9.17, 15) is 14.7 Å². The molecule has 104 valence electrons. The smallest absolute Gasteiger partial charge is 0.362 e. The van der Waals surface area contributed by atoms with E-state index in [4.69, 9.17) is 9.84 Å². The summed E-state index contributed by atoms with van der Waals surface area (Å²) in [5.41, 5.74) is -0.192. The van der Waals surface area contributed by atoms with Gasteiger partial charge in [-0.2, -0.15) is 5.10 Å². The van der Waals surface area contributed by atoms with Crippen LogP contribution in [0.3, 0.4) is 0 Å². The number of aromatic hydroxyl groups is 1. The third-order valence-electron chi connectivity index (χ3n) is 2.54. The van der Waals surface area contributed by atoms with Crippen molar-refractivity contribution >= 4 is 11.9 Å². The minimum absolute atomic E-state index is 0.0354. The number of carbonyl (C=O) groups is 2. The number of phenols is 1. The summed E-state index contributed by atoms with van der Waals surface area (Å²) < 4.78 is 6.31. The van der Waals surface area contributed by atoms with E-state index in [-0.39, 0.29) is 22.9 Å². The van der Waals surface area contributed by atoms with E-state index in [1.165, 1.54) is 28.9 Å². The molecule has 0 radical (unpaired) electrons. The molecule has 1 aromatic carbocycles. The number of phenolic OH excluding ortho intramolecular Hbond substituents is 1. The molecule has 0 atom stereocenters. The average molecular weight is 276 g/mol. The Bertz CT molecular complexity index is 663. The quantitative estimate of drug-likeness (QED) is 0.648. The molecule has 0 bridgehead atoms. The highest BCUT2D eigenvalue weighted by atomic mass is 16.5. The minimum Gasteiger partial charge on any atom is -0.508 e. The fourth-order valence-electron chi connectivity index (χ4n) is 1.63. The van der Waals surface area contributed by atoms with Crippen molar-refractivity contribution in [2.24, 2.45) is 0 Å². The molecule has 0 aliphatic rings. The van der Waals surface area contributed by atoms with Crippen LogP contribution >= 0.6 is 0 Å². The maximum absolute atomic E-state index is 12.0. The number of carbonyl (C=O) groups excluding carboxylic acids is 1. The number of aryl methyl sites for hydroxylation is 1. The topological polar surface area (TPSA) is 102 Å². The molecule has 20 heavy (non-hydrogen) atoms. The molecular weight excluding hydrogens is 264 g/mol. The van der Waals surface area contributed by atoms with Gasteiger partial charge in [0.25, 0.3) is 0 Å². The van der Waals surface area contributed by atoms with Crippen LogP contribution in [-0.4, -0.2) is 31.9 Å². The molecule has 0 aliphatic heterocycles. The molecule has 0 unspecified atom stereocenters. The van der Waals surface area contributed by atoms with Gasteiger partial charge in [-0.1, -0.05) is 6.07 Å². The molecular formula is C13H12N2O5. The first kappa shape index (κ1) is 13.6. The molecule has 1 heterocycles. The van der Waals surface area contributed by atoms with E-state index in [0.717, 1.165) is 6.07 Å². The Labute approximate surface area is 114 Å². The highest BCUT2D eigenvalue weighted by Crippen LogP contribution is 2.19. The number of carboxylic acid groups (broad SMARTS) is 1. The molecule has 7 nitrogen and oxygen atoms in total. The van der Waals surface area contributed by atoms with Crippen LogP contribution in [0.2, 0.25) is 0 Å². The molecule has 7 heteroatoms. The first-order valence-electron chi connectivity index (χ1n) is 5.83. The SMILES string of the molecule is CCn1nc(C(=O)O)cc1C(=O)Oc1cccc(O)c1. The predicted molar refractivity (Wildman–Crippen MR) is 67.9 cm³/mol. The Hall–Kier alpha value is -2.83. The van der Waals surface area contributed by atoms with Gasteiger partial charge in [-0.05, 0) is 19.1 Å². The summed E-state index contributed by atoms with van der Waals surface area (Å²) in [6, 6.07) is 6.90. The monoisotopic (exact) mass is 276 g/mol. The summed E-state index contributed by atoms with van der Waals surface area (Å²) in [5, 5.41) is 21.9. The Kier molecular flexibility index (Phi) is 3.69. The van der Waals surface area contributed by atoms with Gasteiger partial charge < -0.3 is 14.9 Å². The van der Waals surface area contributed by atoms with Gasteiger partial charge in [0.15, 0.2) is 5.69 Å². The number of aromatic carboxylic acids is 1. The van der Waals surface area contributed by atoms with Gasteiger partial charge in [-0.25, -0.2) is 9.59 Å². The number of nitrogens with zero attached hydrogens (tertiary/aromatic N) is 2. The predicted octanol–water partition coefficient (Wildman–Crippen LogP) is 1.53. The highest BCUT2D eigenvalue weighted by Gasteiger charge is 2.19. The highest BCUT2D eigenvalue weighted by molar-refractivity contribution is 5.93. The third-order valence-corrected chi connectivity index (χ3v) is 2.54. The molecule has 0 fully saturated rings. The Morgan fingerprint density at radius 3 is 2.70 bits per heavy atom. The van der Waals surface area contributed by atoms with E-state index in [1.807, 2.05) is 0 Å². The van der Waals surface area contributed by atoms with Crippen LogP contribution in [0.15, 0.2) is 30.3 Å². The van der Waals surface area contributed by atoms with Gasteiger partial charge in [-0.3, -0.25) is 4.68 Å². The summed E-state index contributed by atoms with van der Waals surface area (Å²) in [4.78, 5) is 22.8. The normalized spacial score (nSPS) is 10.2. The second-order valence-electron chi connectivity index (χ2n) is 3.92. The van der Waals surface area contributed by atoms with Crippen molar-refractivity contribution in [3.63, 3.8) is 0 Å². The standard InChI is InChI=1S/C13H12N2O5/c1-2-15-11(7-10(14-15)12(17)18)13(19)20-9-5-3-4-8(16)6-9/h3-7,16H,2H2,1H3,(H,17,18). The van der Waals surface area contributed by atoms with Crippen molar-refractivity contribution in [2.45, 2.75) is 13.5 Å². The average Bonchev–Trinajstić information content (AvgIpc) is 2.83. The number of hydrogen-bond acceptors (Lipinski definition) is 5. The lowest BCUT2D eigenvalue weighted by Gasteiger charge is -2.05. The van der Waals surface area contributed by atoms with Crippen LogP contribution in [0, 0.1) is 0 Å². The lowest BCUT2D eigenvalue weighted by atomic mass is 10.3. The number of carboxylic acids is 1. The lowest BCUT2D eigenvalue weighted by molar-refractivity contribution is 0.0687. The van der Waals surface area contributed by atoms with Gasteiger partial charge in [-0.15, -0.1) is 0 Å². The van der Waals surface area contributed by atoms with Gasteiger partial charge in [0, 0.05) is 18.7 Å². The zero-order valence-electron chi connectivity index (χ0n) is 10.6. The Morgan fingerprint density at radius 1 is 1.35 bits per heavy atom. The number of ether oxygens (including phenoxy) is 1. The maximum Gasteiger partial charge on any atom is 0.362 e. The van der Waals surface area contributed by atoms with Gasteiger partial charge >= 0.3 is 11.9 Å². The molecule has 0 spiro atoms. The lowest BCUT2D eigenvalue weighted by Crippen LogP contribution is -2.15. The number of esters is 1. The van der Waals surface area contributed by atoms with Gasteiger partial charge in [0.1, 0.15) is 17.2 Å². The van der Waals surface area contributed by atoms with E-state index in [0.29, 0.717) is 6.54 Å². The zero-order chi connectivity index (χ0) is 14.7. The van der Waals surface area contributed by atoms with E-state index >= 15 is 0 Å².